The largest absolute Gasteiger partial charge is 0.352 e. The third kappa shape index (κ3) is 4.06. The Morgan fingerprint density at radius 2 is 2.04 bits per heavy atom. The molecule has 1 fully saturated rings. The number of amides is 1. The van der Waals surface area contributed by atoms with Gasteiger partial charge in [-0.1, -0.05) is 36.8 Å². The summed E-state index contributed by atoms with van der Waals surface area (Å²) in [6.07, 6.45) is 7.28. The Balaban J connectivity index is 1.59. The number of benzene rings is 1. The number of nitrogens with zero attached hydrogens (tertiary/aromatic N) is 2. The minimum atomic E-state index is -0.394. The molecule has 0 aliphatic heterocycles. The van der Waals surface area contributed by atoms with Crippen molar-refractivity contribution in [1.29, 1.82) is 0 Å². The molecule has 23 heavy (non-hydrogen) atoms. The zero-order valence-electron chi connectivity index (χ0n) is 13.0. The Kier molecular flexibility index (Phi) is 4.86. The molecular formula is C18H21N3O2. The Labute approximate surface area is 135 Å². The molecule has 0 bridgehead atoms. The lowest BCUT2D eigenvalue weighted by Crippen LogP contribution is -2.41. The zero-order valence-corrected chi connectivity index (χ0v) is 13.0. The number of hydrogen-bond donors (Lipinski definition) is 1. The average molecular weight is 311 g/mol. The van der Waals surface area contributed by atoms with E-state index in [9.17, 15) is 9.59 Å². The lowest BCUT2D eigenvalue weighted by Gasteiger charge is -2.21. The van der Waals surface area contributed by atoms with Crippen molar-refractivity contribution < 1.29 is 4.79 Å². The van der Waals surface area contributed by atoms with Gasteiger partial charge in [-0.3, -0.25) is 9.36 Å². The topological polar surface area (TPSA) is 64.0 Å². The normalized spacial score (nSPS) is 20.3. The van der Waals surface area contributed by atoms with Gasteiger partial charge in [0.25, 0.3) is 0 Å². The summed E-state index contributed by atoms with van der Waals surface area (Å²) in [6.45, 7) is 0.0290. The summed E-state index contributed by atoms with van der Waals surface area (Å²) in [5.41, 5.74) is 0.914. The lowest BCUT2D eigenvalue weighted by atomic mass is 9.94. The lowest BCUT2D eigenvalue weighted by molar-refractivity contribution is -0.122. The molecule has 1 amide bonds. The molecule has 2 atom stereocenters. The van der Waals surface area contributed by atoms with Gasteiger partial charge in [-0.2, -0.15) is 0 Å². The predicted octanol–water partition coefficient (Wildman–Crippen LogP) is 1.77. The van der Waals surface area contributed by atoms with Crippen molar-refractivity contribution in [2.24, 2.45) is 5.92 Å². The second-order valence-corrected chi connectivity index (χ2v) is 6.08. The quantitative estimate of drug-likeness (QED) is 0.915. The van der Waals surface area contributed by atoms with Crippen molar-refractivity contribution in [2.75, 3.05) is 0 Å². The maximum absolute atomic E-state index is 12.2. The van der Waals surface area contributed by atoms with Crippen LogP contribution in [0.1, 0.15) is 24.8 Å². The van der Waals surface area contributed by atoms with Gasteiger partial charge in [0, 0.05) is 18.4 Å². The van der Waals surface area contributed by atoms with Gasteiger partial charge in [-0.25, -0.2) is 9.78 Å². The highest BCUT2D eigenvalue weighted by Gasteiger charge is 2.28. The fraction of sp³-hybridized carbons (Fsp3) is 0.389. The Morgan fingerprint density at radius 1 is 1.22 bits per heavy atom. The highest BCUT2D eigenvalue weighted by atomic mass is 16.2. The highest BCUT2D eigenvalue weighted by Crippen LogP contribution is 2.28. The molecular weight excluding hydrogens is 290 g/mol. The van der Waals surface area contributed by atoms with Gasteiger partial charge < -0.3 is 5.32 Å². The first kappa shape index (κ1) is 15.5. The average Bonchev–Trinajstić information content (AvgIpc) is 2.97. The minimum absolute atomic E-state index is 0.0290. The molecule has 2 unspecified atom stereocenters. The zero-order chi connectivity index (χ0) is 16.1. The second kappa shape index (κ2) is 7.22. The Morgan fingerprint density at radius 3 is 2.83 bits per heavy atom. The molecule has 0 radical (unpaired) electrons. The molecule has 1 aliphatic rings. The van der Waals surface area contributed by atoms with E-state index in [4.69, 9.17) is 0 Å². The molecule has 120 valence electrons. The number of carbonyl (C=O) groups is 1. The monoisotopic (exact) mass is 311 g/mol. The van der Waals surface area contributed by atoms with Crippen LogP contribution in [0.2, 0.25) is 0 Å². The van der Waals surface area contributed by atoms with E-state index in [2.05, 4.69) is 22.4 Å². The number of hydrogen-bond acceptors (Lipinski definition) is 3. The smallest absolute Gasteiger partial charge is 0.347 e. The molecule has 2 aromatic rings. The van der Waals surface area contributed by atoms with E-state index in [0.717, 1.165) is 25.7 Å². The van der Waals surface area contributed by atoms with E-state index in [0.29, 0.717) is 5.92 Å². The van der Waals surface area contributed by atoms with Crippen LogP contribution in [0.3, 0.4) is 0 Å². The van der Waals surface area contributed by atoms with Crippen LogP contribution in [0.5, 0.6) is 0 Å². The third-order valence-electron chi connectivity index (χ3n) is 4.44. The van der Waals surface area contributed by atoms with Crippen LogP contribution in [0.15, 0.2) is 53.6 Å². The molecule has 1 aromatic carbocycles. The number of nitrogens with one attached hydrogen (secondary N) is 1. The van der Waals surface area contributed by atoms with E-state index in [1.807, 2.05) is 18.2 Å². The van der Waals surface area contributed by atoms with Crippen LogP contribution in [0.25, 0.3) is 0 Å². The first-order valence-corrected chi connectivity index (χ1v) is 8.07. The molecule has 5 heteroatoms. The van der Waals surface area contributed by atoms with E-state index in [1.54, 1.807) is 12.3 Å². The van der Waals surface area contributed by atoms with Gasteiger partial charge in [0.2, 0.25) is 5.91 Å². The van der Waals surface area contributed by atoms with Crippen LogP contribution in [0, 0.1) is 5.92 Å². The molecule has 5 nitrogen and oxygen atoms in total. The van der Waals surface area contributed by atoms with Crippen LogP contribution >= 0.6 is 0 Å². The highest BCUT2D eigenvalue weighted by molar-refractivity contribution is 5.76. The van der Waals surface area contributed by atoms with E-state index >= 15 is 0 Å². The van der Waals surface area contributed by atoms with Crippen molar-refractivity contribution in [3.05, 3.63) is 64.8 Å². The maximum atomic E-state index is 12.2. The van der Waals surface area contributed by atoms with Gasteiger partial charge in [-0.15, -0.1) is 0 Å². The van der Waals surface area contributed by atoms with Gasteiger partial charge in [-0.05, 0) is 36.8 Å². The first-order chi connectivity index (χ1) is 11.2. The summed E-state index contributed by atoms with van der Waals surface area (Å²) < 4.78 is 1.33. The molecule has 1 aromatic heterocycles. The predicted molar refractivity (Wildman–Crippen MR) is 87.9 cm³/mol. The standard InChI is InChI=1S/C18H21N3O2/c22-17(13-21-11-5-10-19-18(21)23)20-16-9-4-8-15(16)12-14-6-2-1-3-7-14/h1-3,5-7,10-11,15-16H,4,8-9,12-13H2,(H,20,22). The summed E-state index contributed by atoms with van der Waals surface area (Å²) in [5, 5.41) is 3.10. The van der Waals surface area contributed by atoms with Crippen LogP contribution in [-0.4, -0.2) is 21.5 Å². The Bertz CT molecular complexity index is 711. The minimum Gasteiger partial charge on any atom is -0.352 e. The van der Waals surface area contributed by atoms with Crippen molar-refractivity contribution in [3.63, 3.8) is 0 Å². The summed E-state index contributed by atoms with van der Waals surface area (Å²) in [5.74, 6) is 0.344. The molecule has 1 N–H and O–H groups in total. The maximum Gasteiger partial charge on any atom is 0.347 e. The Hall–Kier alpha value is -2.43. The van der Waals surface area contributed by atoms with Crippen LogP contribution < -0.4 is 11.0 Å². The summed E-state index contributed by atoms with van der Waals surface area (Å²) in [4.78, 5) is 27.5. The summed E-state index contributed by atoms with van der Waals surface area (Å²) >= 11 is 0. The molecule has 1 saturated carbocycles. The van der Waals surface area contributed by atoms with E-state index in [1.165, 1.54) is 16.3 Å². The third-order valence-corrected chi connectivity index (χ3v) is 4.44. The molecule has 1 aliphatic carbocycles. The van der Waals surface area contributed by atoms with Gasteiger partial charge >= 0.3 is 5.69 Å². The van der Waals surface area contributed by atoms with Crippen LogP contribution in [0.4, 0.5) is 0 Å². The van der Waals surface area contributed by atoms with E-state index < -0.39 is 5.69 Å². The number of carbonyl (C=O) groups excluding carboxylic acids is 1. The van der Waals surface area contributed by atoms with Crippen molar-refractivity contribution in [1.82, 2.24) is 14.9 Å². The number of rotatable bonds is 5. The van der Waals surface area contributed by atoms with Gasteiger partial charge in [0.15, 0.2) is 0 Å². The molecule has 0 spiro atoms. The summed E-state index contributed by atoms with van der Waals surface area (Å²) in [7, 11) is 0. The number of aromatic nitrogens is 2. The van der Waals surface area contributed by atoms with Crippen LogP contribution in [-0.2, 0) is 17.8 Å². The van der Waals surface area contributed by atoms with Crippen molar-refractivity contribution in [3.8, 4) is 0 Å². The molecule has 0 saturated heterocycles. The van der Waals surface area contributed by atoms with Gasteiger partial charge in [0.1, 0.15) is 6.54 Å². The summed E-state index contributed by atoms with van der Waals surface area (Å²) in [6, 6.07) is 12.2. The SMILES string of the molecule is O=C(Cn1cccnc1=O)NC1CCCC1Cc1ccccc1. The van der Waals surface area contributed by atoms with E-state index in [-0.39, 0.29) is 18.5 Å². The van der Waals surface area contributed by atoms with Crippen molar-refractivity contribution in [2.45, 2.75) is 38.3 Å². The van der Waals surface area contributed by atoms with Gasteiger partial charge in [0.05, 0.1) is 0 Å². The molecule has 3 rings (SSSR count). The first-order valence-electron chi connectivity index (χ1n) is 8.07. The second-order valence-electron chi connectivity index (χ2n) is 6.08. The fourth-order valence-corrected chi connectivity index (χ4v) is 3.30. The fourth-order valence-electron chi connectivity index (χ4n) is 3.30. The van der Waals surface area contributed by atoms with Crippen molar-refractivity contribution >= 4 is 5.91 Å². The molecule has 1 heterocycles.